The van der Waals surface area contributed by atoms with E-state index in [1.165, 1.54) is 12.8 Å². The second-order valence-corrected chi connectivity index (χ2v) is 3.87. The van der Waals surface area contributed by atoms with Gasteiger partial charge < -0.3 is 10.3 Å². The van der Waals surface area contributed by atoms with Crippen LogP contribution in [0.3, 0.4) is 0 Å². The lowest BCUT2D eigenvalue weighted by molar-refractivity contribution is 0.315. The molecule has 2 N–H and O–H groups in total. The van der Waals surface area contributed by atoms with Crippen molar-refractivity contribution in [3.8, 4) is 0 Å². The summed E-state index contributed by atoms with van der Waals surface area (Å²) in [6, 6.07) is 0.888. The van der Waals surface area contributed by atoms with Crippen molar-refractivity contribution in [2.75, 3.05) is 0 Å². The Balaban J connectivity index is 2.12. The quantitative estimate of drug-likeness (QED) is 0.702. The Kier molecular flexibility index (Phi) is 2.31. The van der Waals surface area contributed by atoms with Crippen LogP contribution in [0.2, 0.25) is 0 Å². The first kappa shape index (κ1) is 8.69. The minimum Gasteiger partial charge on any atom is -0.328 e. The third-order valence-corrected chi connectivity index (χ3v) is 2.83. The van der Waals surface area contributed by atoms with Crippen LogP contribution < -0.4 is 5.73 Å². The van der Waals surface area contributed by atoms with Crippen molar-refractivity contribution in [1.29, 1.82) is 0 Å². The van der Waals surface area contributed by atoms with Gasteiger partial charge in [0.25, 0.3) is 0 Å². The topological polar surface area (TPSA) is 56.7 Å². The summed E-state index contributed by atoms with van der Waals surface area (Å²) in [7, 11) is 0. The molecule has 2 rings (SSSR count). The predicted octanol–water partition coefficient (Wildman–Crippen LogP) is 1.03. The van der Waals surface area contributed by atoms with E-state index in [0.717, 1.165) is 18.7 Å². The number of aryl methyl sites for hydroxylation is 1. The van der Waals surface area contributed by atoms with E-state index in [4.69, 9.17) is 5.73 Å². The van der Waals surface area contributed by atoms with Gasteiger partial charge in [0.15, 0.2) is 0 Å². The first-order valence-corrected chi connectivity index (χ1v) is 4.89. The molecule has 1 aliphatic carbocycles. The predicted molar refractivity (Wildman–Crippen MR) is 50.2 cm³/mol. The van der Waals surface area contributed by atoms with Gasteiger partial charge in [-0.3, -0.25) is 0 Å². The molecule has 1 saturated carbocycles. The van der Waals surface area contributed by atoms with Crippen LogP contribution in [0.25, 0.3) is 0 Å². The second-order valence-electron chi connectivity index (χ2n) is 3.87. The van der Waals surface area contributed by atoms with Gasteiger partial charge in [-0.2, -0.15) is 0 Å². The lowest BCUT2D eigenvalue weighted by Crippen LogP contribution is -2.29. The van der Waals surface area contributed by atoms with E-state index in [0.29, 0.717) is 12.1 Å². The summed E-state index contributed by atoms with van der Waals surface area (Å²) >= 11 is 0. The first-order valence-electron chi connectivity index (χ1n) is 4.89. The summed E-state index contributed by atoms with van der Waals surface area (Å²) in [6.07, 6.45) is 6.49. The normalized spacial score (nSPS) is 29.1. The fourth-order valence-corrected chi connectivity index (χ4v) is 2.11. The lowest BCUT2D eigenvalue weighted by Gasteiger charge is -2.27. The van der Waals surface area contributed by atoms with Crippen LogP contribution in [-0.2, 0) is 0 Å². The molecule has 72 valence electrons. The molecule has 0 aliphatic heterocycles. The van der Waals surface area contributed by atoms with Crippen molar-refractivity contribution in [1.82, 2.24) is 14.8 Å². The number of aromatic nitrogens is 3. The van der Waals surface area contributed by atoms with E-state index in [2.05, 4.69) is 14.8 Å². The Hall–Kier alpha value is -0.900. The fourth-order valence-electron chi connectivity index (χ4n) is 2.11. The summed E-state index contributed by atoms with van der Waals surface area (Å²) in [5, 5.41) is 7.88. The van der Waals surface area contributed by atoms with Gasteiger partial charge in [0.1, 0.15) is 12.2 Å². The fraction of sp³-hybridized carbons (Fsp3) is 0.778. The summed E-state index contributed by atoms with van der Waals surface area (Å²) in [5.74, 6) is 0.999. The molecule has 0 amide bonds. The summed E-state index contributed by atoms with van der Waals surface area (Å²) in [6.45, 7) is 1.99. The van der Waals surface area contributed by atoms with Gasteiger partial charge in [-0.05, 0) is 32.6 Å². The molecule has 1 fully saturated rings. The highest BCUT2D eigenvalue weighted by molar-refractivity contribution is 4.89. The largest absolute Gasteiger partial charge is 0.328 e. The van der Waals surface area contributed by atoms with Gasteiger partial charge in [0.2, 0.25) is 0 Å². The molecule has 1 aromatic heterocycles. The smallest absolute Gasteiger partial charge is 0.129 e. The maximum absolute atomic E-state index is 5.93. The van der Waals surface area contributed by atoms with Crippen LogP contribution in [0.4, 0.5) is 0 Å². The third kappa shape index (κ3) is 1.72. The second kappa shape index (κ2) is 3.46. The van der Waals surface area contributed by atoms with E-state index in [9.17, 15) is 0 Å². The molecule has 1 heterocycles. The first-order chi connectivity index (χ1) is 6.27. The van der Waals surface area contributed by atoms with E-state index in [-0.39, 0.29) is 0 Å². The zero-order chi connectivity index (χ0) is 9.26. The molecule has 0 bridgehead atoms. The number of hydrogen-bond donors (Lipinski definition) is 1. The number of nitrogens with zero attached hydrogens (tertiary/aromatic N) is 3. The Bertz CT molecular complexity index is 281. The number of nitrogens with two attached hydrogens (primary N) is 1. The molecule has 2 unspecified atom stereocenters. The molecular formula is C9H16N4. The van der Waals surface area contributed by atoms with Crippen molar-refractivity contribution in [3.05, 3.63) is 12.2 Å². The van der Waals surface area contributed by atoms with Crippen molar-refractivity contribution in [2.24, 2.45) is 5.73 Å². The molecule has 0 radical (unpaired) electrons. The van der Waals surface area contributed by atoms with Gasteiger partial charge >= 0.3 is 0 Å². The van der Waals surface area contributed by atoms with Crippen LogP contribution in [0.5, 0.6) is 0 Å². The highest BCUT2D eigenvalue weighted by Gasteiger charge is 2.21. The van der Waals surface area contributed by atoms with Crippen molar-refractivity contribution >= 4 is 0 Å². The standard InChI is InChI=1S/C9H16N4/c1-7-12-11-6-13(7)9-4-2-3-8(10)5-9/h6,8-9H,2-5,10H2,1H3. The van der Waals surface area contributed by atoms with E-state index >= 15 is 0 Å². The van der Waals surface area contributed by atoms with Gasteiger partial charge in [-0.1, -0.05) is 0 Å². The number of rotatable bonds is 1. The molecule has 1 aliphatic rings. The average molecular weight is 180 g/mol. The third-order valence-electron chi connectivity index (χ3n) is 2.83. The maximum Gasteiger partial charge on any atom is 0.129 e. The van der Waals surface area contributed by atoms with Gasteiger partial charge in [-0.25, -0.2) is 0 Å². The zero-order valence-corrected chi connectivity index (χ0v) is 7.98. The molecule has 2 atom stereocenters. The highest BCUT2D eigenvalue weighted by Crippen LogP contribution is 2.27. The van der Waals surface area contributed by atoms with E-state index in [1.54, 1.807) is 0 Å². The van der Waals surface area contributed by atoms with Crippen LogP contribution in [0.1, 0.15) is 37.5 Å². The minimum absolute atomic E-state index is 0.362. The molecule has 13 heavy (non-hydrogen) atoms. The van der Waals surface area contributed by atoms with Crippen LogP contribution in [0, 0.1) is 6.92 Å². The van der Waals surface area contributed by atoms with Crippen LogP contribution in [0.15, 0.2) is 6.33 Å². The van der Waals surface area contributed by atoms with Crippen LogP contribution >= 0.6 is 0 Å². The Morgan fingerprint density at radius 2 is 2.38 bits per heavy atom. The summed E-state index contributed by atoms with van der Waals surface area (Å²) in [5.41, 5.74) is 5.93. The molecular weight excluding hydrogens is 164 g/mol. The molecule has 0 aromatic carbocycles. The molecule has 0 spiro atoms. The SMILES string of the molecule is Cc1nncn1C1CCCC(N)C1. The van der Waals surface area contributed by atoms with Crippen molar-refractivity contribution in [3.63, 3.8) is 0 Å². The van der Waals surface area contributed by atoms with Gasteiger partial charge in [0, 0.05) is 12.1 Å². The average Bonchev–Trinajstić information content (AvgIpc) is 2.51. The number of hydrogen-bond acceptors (Lipinski definition) is 3. The van der Waals surface area contributed by atoms with Gasteiger partial charge in [-0.15, -0.1) is 10.2 Å². The molecule has 0 saturated heterocycles. The van der Waals surface area contributed by atoms with Crippen molar-refractivity contribution in [2.45, 2.75) is 44.7 Å². The molecule has 4 heteroatoms. The minimum atomic E-state index is 0.362. The van der Waals surface area contributed by atoms with Gasteiger partial charge in [0.05, 0.1) is 0 Å². The highest BCUT2D eigenvalue weighted by atomic mass is 15.3. The Morgan fingerprint density at radius 3 is 3.00 bits per heavy atom. The lowest BCUT2D eigenvalue weighted by atomic mass is 9.91. The van der Waals surface area contributed by atoms with Crippen LogP contribution in [-0.4, -0.2) is 20.8 Å². The van der Waals surface area contributed by atoms with E-state index < -0.39 is 0 Å². The molecule has 1 aromatic rings. The molecule has 4 nitrogen and oxygen atoms in total. The monoisotopic (exact) mass is 180 g/mol. The van der Waals surface area contributed by atoms with Crippen molar-refractivity contribution < 1.29 is 0 Å². The summed E-state index contributed by atoms with van der Waals surface area (Å²) < 4.78 is 2.15. The zero-order valence-electron chi connectivity index (χ0n) is 7.98. The summed E-state index contributed by atoms with van der Waals surface area (Å²) in [4.78, 5) is 0. The maximum atomic E-state index is 5.93. The Labute approximate surface area is 78.1 Å². The van der Waals surface area contributed by atoms with E-state index in [1.807, 2.05) is 13.3 Å². The Morgan fingerprint density at radius 1 is 1.54 bits per heavy atom.